The van der Waals surface area contributed by atoms with E-state index in [0.717, 1.165) is 79.3 Å². The average Bonchev–Trinajstić information content (AvgIpc) is 3.27. The number of hydrogen-bond acceptors (Lipinski definition) is 8. The lowest BCUT2D eigenvalue weighted by Crippen LogP contribution is -2.47. The van der Waals surface area contributed by atoms with E-state index < -0.39 is 0 Å². The van der Waals surface area contributed by atoms with Gasteiger partial charge in [0.2, 0.25) is 0 Å². The zero-order valence-corrected chi connectivity index (χ0v) is 22.3. The average molecular weight is 521 g/mol. The molecule has 1 unspecified atom stereocenters. The van der Waals surface area contributed by atoms with Gasteiger partial charge in [-0.05, 0) is 61.9 Å². The van der Waals surface area contributed by atoms with Gasteiger partial charge < -0.3 is 10.7 Å². The summed E-state index contributed by atoms with van der Waals surface area (Å²) in [6.45, 7) is 7.33. The van der Waals surface area contributed by atoms with Crippen molar-refractivity contribution < 1.29 is 0 Å². The lowest BCUT2D eigenvalue weighted by molar-refractivity contribution is 0.258. The summed E-state index contributed by atoms with van der Waals surface area (Å²) >= 11 is 3.28. The van der Waals surface area contributed by atoms with Crippen molar-refractivity contribution in [3.8, 4) is 0 Å². The molecule has 1 aliphatic carbocycles. The Hall–Kier alpha value is -2.62. The number of piperazine rings is 1. The van der Waals surface area contributed by atoms with E-state index in [0.29, 0.717) is 11.1 Å². The van der Waals surface area contributed by atoms with Crippen molar-refractivity contribution in [1.82, 2.24) is 19.5 Å². The minimum Gasteiger partial charge on any atom is -0.354 e. The van der Waals surface area contributed by atoms with E-state index in [9.17, 15) is 4.79 Å². The minimum atomic E-state index is -0.0903. The highest BCUT2D eigenvalue weighted by Gasteiger charge is 2.24. The summed E-state index contributed by atoms with van der Waals surface area (Å²) in [6.07, 6.45) is 4.23. The number of nitrogens with zero attached hydrogens (tertiary/aromatic N) is 5. The molecule has 2 N–H and O–H groups in total. The molecule has 1 fully saturated rings. The molecule has 4 aromatic rings. The molecular formula is C27H32N6OS2. The van der Waals surface area contributed by atoms with Gasteiger partial charge in [-0.15, -0.1) is 11.3 Å². The van der Waals surface area contributed by atoms with Gasteiger partial charge >= 0.3 is 0 Å². The maximum atomic E-state index is 13.1. The van der Waals surface area contributed by atoms with Crippen molar-refractivity contribution in [2.45, 2.75) is 37.8 Å². The van der Waals surface area contributed by atoms with Crippen LogP contribution in [-0.4, -0.2) is 58.0 Å². The smallest absolute Gasteiger partial charge is 0.281 e. The van der Waals surface area contributed by atoms with Crippen LogP contribution < -0.4 is 16.3 Å². The fourth-order valence-corrected chi connectivity index (χ4v) is 7.47. The monoisotopic (exact) mass is 520 g/mol. The van der Waals surface area contributed by atoms with E-state index in [-0.39, 0.29) is 5.56 Å². The van der Waals surface area contributed by atoms with Gasteiger partial charge in [0.05, 0.1) is 10.9 Å². The Morgan fingerprint density at radius 1 is 1.11 bits per heavy atom. The first-order chi connectivity index (χ1) is 17.6. The zero-order valence-electron chi connectivity index (χ0n) is 20.7. The topological polar surface area (TPSA) is 80.3 Å². The summed E-state index contributed by atoms with van der Waals surface area (Å²) in [5.41, 5.74) is 2.16. The summed E-state index contributed by atoms with van der Waals surface area (Å²) in [5, 5.41) is 2.57. The molecule has 7 nitrogen and oxygen atoms in total. The van der Waals surface area contributed by atoms with Crippen molar-refractivity contribution >= 4 is 50.0 Å². The van der Waals surface area contributed by atoms with E-state index in [2.05, 4.69) is 47.1 Å². The van der Waals surface area contributed by atoms with Gasteiger partial charge in [-0.2, -0.15) is 0 Å². The molecule has 0 radical (unpaired) electrons. The van der Waals surface area contributed by atoms with Crippen LogP contribution in [0, 0.1) is 5.92 Å². The number of aromatic nitrogens is 3. The van der Waals surface area contributed by atoms with Crippen LogP contribution in [0.4, 0.5) is 5.82 Å². The second-order valence-electron chi connectivity index (χ2n) is 9.99. The largest absolute Gasteiger partial charge is 0.354 e. The molecule has 2 aliphatic rings. The number of pyridine rings is 1. The molecule has 0 saturated carbocycles. The van der Waals surface area contributed by atoms with E-state index in [1.54, 1.807) is 23.1 Å². The zero-order chi connectivity index (χ0) is 24.6. The molecule has 4 heterocycles. The van der Waals surface area contributed by atoms with Crippen molar-refractivity contribution in [2.24, 2.45) is 5.92 Å². The van der Waals surface area contributed by atoms with E-state index >= 15 is 0 Å². The Bertz CT molecular complexity index is 1460. The predicted molar refractivity (Wildman–Crippen MR) is 151 cm³/mol. The molecule has 188 valence electrons. The Morgan fingerprint density at radius 3 is 2.81 bits per heavy atom. The standard InChI is InChI=1S/C27H32N6OS2/c1-18-7-9-22-20(17-18)24-25(36-22)30-27(33(28)26(24)34)35-16-4-11-31-12-14-32(15-13-31)23-10-8-19-5-2-3-6-21(19)29-23/h2-3,5-6,8,10,18H,4,7,9,11-17,28H2,1H3. The lowest BCUT2D eigenvalue weighted by Gasteiger charge is -2.35. The first-order valence-electron chi connectivity index (χ1n) is 12.8. The van der Waals surface area contributed by atoms with Crippen molar-refractivity contribution in [3.05, 3.63) is 57.2 Å². The van der Waals surface area contributed by atoms with Crippen LogP contribution >= 0.6 is 23.1 Å². The number of anilines is 1. The van der Waals surface area contributed by atoms with E-state index in [1.165, 1.54) is 26.9 Å². The third-order valence-electron chi connectivity index (χ3n) is 7.45. The molecule has 0 amide bonds. The summed E-state index contributed by atoms with van der Waals surface area (Å²) in [5.74, 6) is 8.78. The van der Waals surface area contributed by atoms with Gasteiger partial charge in [0.1, 0.15) is 10.6 Å². The van der Waals surface area contributed by atoms with Crippen LogP contribution in [0.3, 0.4) is 0 Å². The van der Waals surface area contributed by atoms with Gasteiger partial charge in [-0.3, -0.25) is 9.69 Å². The summed E-state index contributed by atoms with van der Waals surface area (Å²) in [6, 6.07) is 12.6. The second-order valence-corrected chi connectivity index (χ2v) is 12.1. The molecule has 1 aromatic carbocycles. The summed E-state index contributed by atoms with van der Waals surface area (Å²) in [7, 11) is 0. The number of nitrogen functional groups attached to an aromatic ring is 1. The van der Waals surface area contributed by atoms with Crippen LogP contribution in [0.5, 0.6) is 0 Å². The highest BCUT2D eigenvalue weighted by molar-refractivity contribution is 7.99. The van der Waals surface area contributed by atoms with Crippen LogP contribution in [0.2, 0.25) is 0 Å². The Balaban J connectivity index is 1.03. The lowest BCUT2D eigenvalue weighted by atomic mass is 9.89. The molecule has 1 saturated heterocycles. The number of benzene rings is 1. The van der Waals surface area contributed by atoms with Crippen molar-refractivity contribution in [2.75, 3.05) is 49.2 Å². The molecule has 1 aliphatic heterocycles. The van der Waals surface area contributed by atoms with Crippen LogP contribution in [-0.2, 0) is 12.8 Å². The number of rotatable bonds is 6. The first-order valence-corrected chi connectivity index (χ1v) is 14.7. The molecule has 6 rings (SSSR count). The number of hydrogen-bond donors (Lipinski definition) is 1. The van der Waals surface area contributed by atoms with Gasteiger partial charge in [-0.25, -0.2) is 14.6 Å². The quantitative estimate of drug-likeness (QED) is 0.177. The number of thioether (sulfide) groups is 1. The fraction of sp³-hybridized carbons (Fsp3) is 0.444. The van der Waals surface area contributed by atoms with Crippen molar-refractivity contribution in [1.29, 1.82) is 0 Å². The minimum absolute atomic E-state index is 0.0903. The number of nitrogens with two attached hydrogens (primary N) is 1. The number of aryl methyl sites for hydroxylation is 1. The maximum Gasteiger partial charge on any atom is 0.281 e. The third-order valence-corrected chi connectivity index (χ3v) is 9.68. The molecule has 0 bridgehead atoms. The Kier molecular flexibility index (Phi) is 6.62. The van der Waals surface area contributed by atoms with Crippen molar-refractivity contribution in [3.63, 3.8) is 0 Å². The molecular weight excluding hydrogens is 488 g/mol. The van der Waals surface area contributed by atoms with Crippen LogP contribution in [0.25, 0.3) is 21.1 Å². The van der Waals surface area contributed by atoms with E-state index in [1.807, 2.05) is 6.07 Å². The first kappa shape index (κ1) is 23.8. The number of fused-ring (bicyclic) bond motifs is 4. The normalized spacial score (nSPS) is 18.7. The van der Waals surface area contributed by atoms with Crippen LogP contribution in [0.1, 0.15) is 30.2 Å². The van der Waals surface area contributed by atoms with Crippen LogP contribution in [0.15, 0.2) is 46.3 Å². The highest BCUT2D eigenvalue weighted by atomic mass is 32.2. The van der Waals surface area contributed by atoms with Gasteiger partial charge in [-0.1, -0.05) is 36.9 Å². The molecule has 36 heavy (non-hydrogen) atoms. The molecule has 0 spiro atoms. The molecule has 9 heteroatoms. The summed E-state index contributed by atoms with van der Waals surface area (Å²) < 4.78 is 1.27. The van der Waals surface area contributed by atoms with Gasteiger partial charge in [0, 0.05) is 42.2 Å². The second kappa shape index (κ2) is 10.0. The maximum absolute atomic E-state index is 13.1. The van der Waals surface area contributed by atoms with Gasteiger partial charge in [0.25, 0.3) is 5.56 Å². The fourth-order valence-electron chi connectivity index (χ4n) is 5.38. The Labute approximate surface area is 219 Å². The predicted octanol–water partition coefficient (Wildman–Crippen LogP) is 4.15. The summed E-state index contributed by atoms with van der Waals surface area (Å²) in [4.78, 5) is 29.8. The third kappa shape index (κ3) is 4.60. The van der Waals surface area contributed by atoms with E-state index in [4.69, 9.17) is 15.8 Å². The SMILES string of the molecule is CC1CCc2sc3nc(SCCCN4CCN(c5ccc6ccccc6n5)CC4)n(N)c(=O)c3c2C1. The van der Waals surface area contributed by atoms with Gasteiger partial charge in [0.15, 0.2) is 5.16 Å². The Morgan fingerprint density at radius 2 is 1.94 bits per heavy atom. The number of para-hydroxylation sites is 1. The molecule has 1 atom stereocenters. The highest BCUT2D eigenvalue weighted by Crippen LogP contribution is 2.36. The molecule has 3 aromatic heterocycles. The number of thiophene rings is 1.